The predicted octanol–water partition coefficient (Wildman–Crippen LogP) is 1.06. The van der Waals surface area contributed by atoms with E-state index in [1.54, 1.807) is 6.20 Å². The molecule has 0 radical (unpaired) electrons. The standard InChI is InChI=1S/C12H19N3O/c1-9(13)11-3-2-6-14-12(11)15-7-4-10(16)5-8-15/h2-3,6,9-10,16H,4-5,7-8,13H2,1H3. The lowest BCUT2D eigenvalue weighted by Gasteiger charge is -2.32. The van der Waals surface area contributed by atoms with E-state index in [1.165, 1.54) is 0 Å². The van der Waals surface area contributed by atoms with Crippen LogP contribution in [0, 0.1) is 0 Å². The first-order chi connectivity index (χ1) is 7.68. The van der Waals surface area contributed by atoms with Gasteiger partial charge in [-0.1, -0.05) is 6.07 Å². The Kier molecular flexibility index (Phi) is 3.41. The summed E-state index contributed by atoms with van der Waals surface area (Å²) >= 11 is 0. The van der Waals surface area contributed by atoms with Crippen molar-refractivity contribution in [2.24, 2.45) is 5.73 Å². The molecule has 1 atom stereocenters. The highest BCUT2D eigenvalue weighted by atomic mass is 16.3. The van der Waals surface area contributed by atoms with Gasteiger partial charge in [0.15, 0.2) is 0 Å². The summed E-state index contributed by atoms with van der Waals surface area (Å²) in [7, 11) is 0. The monoisotopic (exact) mass is 221 g/mol. The van der Waals surface area contributed by atoms with Gasteiger partial charge in [-0.05, 0) is 25.8 Å². The zero-order chi connectivity index (χ0) is 11.5. The topological polar surface area (TPSA) is 62.4 Å². The fraction of sp³-hybridized carbons (Fsp3) is 0.583. The molecule has 2 rings (SSSR count). The van der Waals surface area contributed by atoms with Gasteiger partial charge in [0.1, 0.15) is 5.82 Å². The molecule has 0 aliphatic carbocycles. The van der Waals surface area contributed by atoms with Crippen molar-refractivity contribution in [1.82, 2.24) is 4.98 Å². The molecule has 0 bridgehead atoms. The normalized spacial score (nSPS) is 19.8. The lowest BCUT2D eigenvalue weighted by molar-refractivity contribution is 0.145. The minimum atomic E-state index is -0.154. The summed E-state index contributed by atoms with van der Waals surface area (Å²) in [6.45, 7) is 3.69. The molecule has 88 valence electrons. The van der Waals surface area contributed by atoms with Crippen molar-refractivity contribution in [1.29, 1.82) is 0 Å². The van der Waals surface area contributed by atoms with Crippen LogP contribution in [0.1, 0.15) is 31.4 Å². The number of aliphatic hydroxyl groups is 1. The molecule has 1 fully saturated rings. The predicted molar refractivity (Wildman–Crippen MR) is 64.3 cm³/mol. The number of aliphatic hydroxyl groups excluding tert-OH is 1. The van der Waals surface area contributed by atoms with Crippen LogP contribution in [-0.2, 0) is 0 Å². The molecule has 0 amide bonds. The van der Waals surface area contributed by atoms with Gasteiger partial charge in [0, 0.05) is 30.9 Å². The summed E-state index contributed by atoms with van der Waals surface area (Å²) in [5.74, 6) is 0.976. The third-order valence-electron chi connectivity index (χ3n) is 3.07. The van der Waals surface area contributed by atoms with Crippen LogP contribution in [0.2, 0.25) is 0 Å². The van der Waals surface area contributed by atoms with Crippen LogP contribution in [0.5, 0.6) is 0 Å². The highest BCUT2D eigenvalue weighted by molar-refractivity contribution is 5.48. The summed E-state index contributed by atoms with van der Waals surface area (Å²) in [5, 5.41) is 9.48. The van der Waals surface area contributed by atoms with E-state index in [1.807, 2.05) is 19.1 Å². The zero-order valence-electron chi connectivity index (χ0n) is 9.63. The second-order valence-electron chi connectivity index (χ2n) is 4.42. The number of anilines is 1. The molecule has 4 nitrogen and oxygen atoms in total. The van der Waals surface area contributed by atoms with E-state index < -0.39 is 0 Å². The molecule has 1 aromatic rings. The van der Waals surface area contributed by atoms with E-state index in [-0.39, 0.29) is 12.1 Å². The van der Waals surface area contributed by atoms with Crippen molar-refractivity contribution in [3.8, 4) is 0 Å². The summed E-state index contributed by atoms with van der Waals surface area (Å²) in [6.07, 6.45) is 3.27. The van der Waals surface area contributed by atoms with Crippen LogP contribution >= 0.6 is 0 Å². The Morgan fingerprint density at radius 1 is 1.50 bits per heavy atom. The minimum Gasteiger partial charge on any atom is -0.393 e. The fourth-order valence-corrected chi connectivity index (χ4v) is 2.11. The van der Waals surface area contributed by atoms with E-state index in [0.717, 1.165) is 37.3 Å². The van der Waals surface area contributed by atoms with E-state index in [9.17, 15) is 5.11 Å². The molecule has 1 aliphatic heterocycles. The van der Waals surface area contributed by atoms with Crippen LogP contribution in [0.4, 0.5) is 5.82 Å². The Hall–Kier alpha value is -1.13. The summed E-state index contributed by atoms with van der Waals surface area (Å²) in [6, 6.07) is 3.94. The Bertz CT molecular complexity index is 346. The van der Waals surface area contributed by atoms with Gasteiger partial charge in [-0.25, -0.2) is 4.98 Å². The SMILES string of the molecule is CC(N)c1cccnc1N1CCC(O)CC1. The first-order valence-electron chi connectivity index (χ1n) is 5.82. The fourth-order valence-electron chi connectivity index (χ4n) is 2.11. The number of hydrogen-bond acceptors (Lipinski definition) is 4. The van der Waals surface area contributed by atoms with Gasteiger partial charge in [-0.2, -0.15) is 0 Å². The van der Waals surface area contributed by atoms with E-state index in [0.29, 0.717) is 0 Å². The summed E-state index contributed by atoms with van der Waals surface area (Å²) in [5.41, 5.74) is 7.01. The average molecular weight is 221 g/mol. The van der Waals surface area contributed by atoms with Gasteiger partial charge >= 0.3 is 0 Å². The maximum atomic E-state index is 9.48. The van der Waals surface area contributed by atoms with Gasteiger partial charge in [-0.15, -0.1) is 0 Å². The molecule has 0 saturated carbocycles. The zero-order valence-corrected chi connectivity index (χ0v) is 9.63. The van der Waals surface area contributed by atoms with Crippen LogP contribution < -0.4 is 10.6 Å². The van der Waals surface area contributed by atoms with Gasteiger partial charge in [-0.3, -0.25) is 0 Å². The quantitative estimate of drug-likeness (QED) is 0.784. The van der Waals surface area contributed by atoms with Gasteiger partial charge in [0.25, 0.3) is 0 Å². The number of rotatable bonds is 2. The molecule has 1 aliphatic rings. The number of nitrogens with two attached hydrogens (primary N) is 1. The van der Waals surface area contributed by atoms with Crippen LogP contribution in [0.3, 0.4) is 0 Å². The lowest BCUT2D eigenvalue weighted by atomic mass is 10.1. The molecular weight excluding hydrogens is 202 g/mol. The van der Waals surface area contributed by atoms with Gasteiger partial charge in [0.2, 0.25) is 0 Å². The molecule has 3 N–H and O–H groups in total. The van der Waals surface area contributed by atoms with Gasteiger partial charge in [0.05, 0.1) is 6.10 Å². The molecule has 16 heavy (non-hydrogen) atoms. The van der Waals surface area contributed by atoms with Crippen LogP contribution in [0.25, 0.3) is 0 Å². The first kappa shape index (κ1) is 11.4. The first-order valence-corrected chi connectivity index (χ1v) is 5.82. The number of hydrogen-bond donors (Lipinski definition) is 2. The van der Waals surface area contributed by atoms with Crippen molar-refractivity contribution in [3.05, 3.63) is 23.9 Å². The second-order valence-corrected chi connectivity index (χ2v) is 4.42. The summed E-state index contributed by atoms with van der Waals surface area (Å²) < 4.78 is 0. The highest BCUT2D eigenvalue weighted by Gasteiger charge is 2.20. The third kappa shape index (κ3) is 2.33. The maximum absolute atomic E-state index is 9.48. The Balaban J connectivity index is 2.19. The third-order valence-corrected chi connectivity index (χ3v) is 3.07. The number of aromatic nitrogens is 1. The maximum Gasteiger partial charge on any atom is 0.133 e. The van der Waals surface area contributed by atoms with Crippen LogP contribution in [-0.4, -0.2) is 29.3 Å². The highest BCUT2D eigenvalue weighted by Crippen LogP contribution is 2.25. The Labute approximate surface area is 96.1 Å². The number of pyridine rings is 1. The Morgan fingerprint density at radius 3 is 2.81 bits per heavy atom. The van der Waals surface area contributed by atoms with Crippen LogP contribution in [0.15, 0.2) is 18.3 Å². The number of piperidine rings is 1. The molecule has 0 aromatic carbocycles. The molecule has 1 unspecified atom stereocenters. The Morgan fingerprint density at radius 2 is 2.19 bits per heavy atom. The van der Waals surface area contributed by atoms with Crippen molar-refractivity contribution in [2.75, 3.05) is 18.0 Å². The van der Waals surface area contributed by atoms with Crippen molar-refractivity contribution < 1.29 is 5.11 Å². The van der Waals surface area contributed by atoms with Crippen molar-refractivity contribution in [3.63, 3.8) is 0 Å². The second kappa shape index (κ2) is 4.80. The lowest BCUT2D eigenvalue weighted by Crippen LogP contribution is -2.37. The van der Waals surface area contributed by atoms with Gasteiger partial charge < -0.3 is 15.7 Å². The largest absolute Gasteiger partial charge is 0.393 e. The molecule has 0 spiro atoms. The minimum absolute atomic E-state index is 0.00412. The summed E-state index contributed by atoms with van der Waals surface area (Å²) in [4.78, 5) is 6.63. The molecule has 2 heterocycles. The smallest absolute Gasteiger partial charge is 0.133 e. The van der Waals surface area contributed by atoms with E-state index in [4.69, 9.17) is 5.73 Å². The average Bonchev–Trinajstić information content (AvgIpc) is 2.30. The molecule has 4 heteroatoms. The van der Waals surface area contributed by atoms with E-state index >= 15 is 0 Å². The molecule has 1 aromatic heterocycles. The van der Waals surface area contributed by atoms with E-state index in [2.05, 4.69) is 9.88 Å². The van der Waals surface area contributed by atoms with Crippen molar-refractivity contribution >= 4 is 5.82 Å². The number of nitrogens with zero attached hydrogens (tertiary/aromatic N) is 2. The van der Waals surface area contributed by atoms with Crippen molar-refractivity contribution in [2.45, 2.75) is 31.9 Å². The molecule has 1 saturated heterocycles. The molecular formula is C12H19N3O.